The van der Waals surface area contributed by atoms with Gasteiger partial charge in [-0.3, -0.25) is 0 Å². The summed E-state index contributed by atoms with van der Waals surface area (Å²) < 4.78 is 50.7. The predicted octanol–water partition coefficient (Wildman–Crippen LogP) is 4.22. The molecule has 0 saturated heterocycles. The minimum atomic E-state index is -4.31. The third kappa shape index (κ3) is 3.26. The van der Waals surface area contributed by atoms with E-state index in [9.17, 15) is 18.3 Å². The molecular weight excluding hydrogens is 486 g/mol. The maximum absolute atomic E-state index is 14.0. The molecule has 5 aromatic rings. The zero-order valence-corrected chi connectivity index (χ0v) is 19.7. The molecule has 6 rings (SSSR count). The fraction of sp³-hybridized carbons (Fsp3) is 0.115. The summed E-state index contributed by atoms with van der Waals surface area (Å²) in [6.07, 6.45) is -1.63. The fourth-order valence-electron chi connectivity index (χ4n) is 4.46. The highest BCUT2D eigenvalue weighted by atomic mass is 32.2. The summed E-state index contributed by atoms with van der Waals surface area (Å²) in [4.78, 5) is 13.1. The smallest absolute Gasteiger partial charge is 0.340 e. The Labute approximate surface area is 205 Å². The highest BCUT2D eigenvalue weighted by Crippen LogP contribution is 2.43. The van der Waals surface area contributed by atoms with E-state index in [1.807, 2.05) is 6.07 Å². The first-order valence-corrected chi connectivity index (χ1v) is 12.4. The monoisotopic (exact) mass is 505 g/mol. The SMILES string of the molecule is COC(=O)c1c(C(O)c2cc3ccccc3o2)n(S(=O)(=O)c2ccccc2)c2cc3c(cc12)OCO3. The molecule has 0 amide bonds. The molecule has 0 spiro atoms. The number of hydrogen-bond acceptors (Lipinski definition) is 8. The van der Waals surface area contributed by atoms with E-state index in [2.05, 4.69) is 0 Å². The van der Waals surface area contributed by atoms with Crippen molar-refractivity contribution in [3.8, 4) is 11.5 Å². The van der Waals surface area contributed by atoms with E-state index in [0.717, 1.165) is 3.97 Å². The summed E-state index contributed by atoms with van der Waals surface area (Å²) in [5.41, 5.74) is 0.274. The van der Waals surface area contributed by atoms with Gasteiger partial charge in [0.05, 0.1) is 28.8 Å². The van der Waals surface area contributed by atoms with Crippen LogP contribution in [0.4, 0.5) is 0 Å². The van der Waals surface area contributed by atoms with Gasteiger partial charge in [-0.25, -0.2) is 17.2 Å². The standard InChI is InChI=1S/C26H19NO8S/c1-32-26(29)23-17-12-20-21(34-14-33-20)13-18(17)27(36(30,31)16-8-3-2-4-9-16)24(23)25(28)22-11-15-7-5-6-10-19(15)35-22/h2-13,25,28H,14H2,1H3. The van der Waals surface area contributed by atoms with Crippen molar-refractivity contribution in [2.45, 2.75) is 11.0 Å². The number of rotatable bonds is 5. The van der Waals surface area contributed by atoms with Gasteiger partial charge in [-0.1, -0.05) is 36.4 Å². The second kappa shape index (κ2) is 8.14. The number of nitrogens with zero attached hydrogens (tertiary/aromatic N) is 1. The first-order valence-electron chi connectivity index (χ1n) is 10.9. The van der Waals surface area contributed by atoms with Crippen LogP contribution in [-0.4, -0.2) is 37.4 Å². The van der Waals surface area contributed by atoms with E-state index < -0.39 is 22.1 Å². The molecule has 1 aliphatic rings. The maximum atomic E-state index is 14.0. The van der Waals surface area contributed by atoms with Crippen LogP contribution in [0.3, 0.4) is 0 Å². The normalized spacial score (nSPS) is 13.8. The highest BCUT2D eigenvalue weighted by molar-refractivity contribution is 7.90. The Kier molecular flexibility index (Phi) is 5.02. The molecule has 1 N–H and O–H groups in total. The molecule has 10 heteroatoms. The molecule has 182 valence electrons. The number of hydrogen-bond donors (Lipinski definition) is 1. The van der Waals surface area contributed by atoms with Crippen LogP contribution in [0.1, 0.15) is 27.9 Å². The van der Waals surface area contributed by atoms with Crippen molar-refractivity contribution in [3.05, 3.63) is 89.8 Å². The number of carbonyl (C=O) groups excluding carboxylic acids is 1. The third-order valence-corrected chi connectivity index (χ3v) is 7.84. The number of esters is 1. The van der Waals surface area contributed by atoms with E-state index >= 15 is 0 Å². The van der Waals surface area contributed by atoms with Crippen LogP contribution < -0.4 is 9.47 Å². The second-order valence-electron chi connectivity index (χ2n) is 8.15. The topological polar surface area (TPSA) is 117 Å². The number of benzene rings is 3. The summed E-state index contributed by atoms with van der Waals surface area (Å²) in [5, 5.41) is 12.5. The lowest BCUT2D eigenvalue weighted by Crippen LogP contribution is -2.20. The van der Waals surface area contributed by atoms with E-state index in [-0.39, 0.29) is 39.6 Å². The number of aliphatic hydroxyl groups excluding tert-OH is 1. The Bertz CT molecular complexity index is 1720. The zero-order chi connectivity index (χ0) is 25.0. The summed E-state index contributed by atoms with van der Waals surface area (Å²) >= 11 is 0. The Morgan fingerprint density at radius 3 is 2.42 bits per heavy atom. The zero-order valence-electron chi connectivity index (χ0n) is 18.9. The molecule has 0 radical (unpaired) electrons. The number of aliphatic hydroxyl groups is 1. The van der Waals surface area contributed by atoms with Crippen molar-refractivity contribution >= 4 is 37.9 Å². The number of ether oxygens (including phenoxy) is 3. The Morgan fingerprint density at radius 1 is 1.00 bits per heavy atom. The summed E-state index contributed by atoms with van der Waals surface area (Å²) in [6.45, 7) is -0.0462. The number of para-hydroxylation sites is 1. The van der Waals surface area contributed by atoms with Crippen LogP contribution in [0, 0.1) is 0 Å². The maximum Gasteiger partial charge on any atom is 0.340 e. The summed E-state index contributed by atoms with van der Waals surface area (Å²) in [7, 11) is -3.12. The molecule has 0 aliphatic carbocycles. The van der Waals surface area contributed by atoms with Crippen molar-refractivity contribution in [2.24, 2.45) is 0 Å². The van der Waals surface area contributed by atoms with Crippen LogP contribution in [-0.2, 0) is 14.8 Å². The van der Waals surface area contributed by atoms with Gasteiger partial charge in [0.25, 0.3) is 10.0 Å². The number of carbonyl (C=O) groups is 1. The molecule has 2 aromatic heterocycles. The highest BCUT2D eigenvalue weighted by Gasteiger charge is 2.36. The molecule has 36 heavy (non-hydrogen) atoms. The van der Waals surface area contributed by atoms with Crippen LogP contribution in [0.5, 0.6) is 11.5 Å². The Morgan fingerprint density at radius 2 is 1.69 bits per heavy atom. The van der Waals surface area contributed by atoms with Gasteiger partial charge >= 0.3 is 5.97 Å². The van der Waals surface area contributed by atoms with Gasteiger partial charge in [-0.15, -0.1) is 0 Å². The third-order valence-electron chi connectivity index (χ3n) is 6.10. The van der Waals surface area contributed by atoms with Crippen molar-refractivity contribution in [3.63, 3.8) is 0 Å². The first-order chi connectivity index (χ1) is 17.4. The number of furan rings is 1. The molecule has 0 bridgehead atoms. The number of methoxy groups -OCH3 is 1. The molecule has 0 saturated carbocycles. The average Bonchev–Trinajstić information content (AvgIpc) is 3.61. The number of aromatic nitrogens is 1. The van der Waals surface area contributed by atoms with Crippen molar-refractivity contribution in [1.29, 1.82) is 0 Å². The van der Waals surface area contributed by atoms with Crippen molar-refractivity contribution in [1.82, 2.24) is 3.97 Å². The Balaban J connectivity index is 1.72. The average molecular weight is 506 g/mol. The van der Waals surface area contributed by atoms with Gasteiger partial charge in [0.1, 0.15) is 11.3 Å². The molecule has 1 atom stereocenters. The van der Waals surface area contributed by atoms with Gasteiger partial charge in [0.15, 0.2) is 17.6 Å². The lowest BCUT2D eigenvalue weighted by Gasteiger charge is -2.16. The van der Waals surface area contributed by atoms with Crippen LogP contribution in [0.2, 0.25) is 0 Å². The van der Waals surface area contributed by atoms with Gasteiger partial charge in [-0.05, 0) is 30.3 Å². The molecule has 9 nitrogen and oxygen atoms in total. The van der Waals surface area contributed by atoms with Crippen LogP contribution in [0.25, 0.3) is 21.9 Å². The van der Waals surface area contributed by atoms with Gasteiger partial charge in [0.2, 0.25) is 6.79 Å². The van der Waals surface area contributed by atoms with Crippen LogP contribution >= 0.6 is 0 Å². The second-order valence-corrected chi connectivity index (χ2v) is 9.93. The van der Waals surface area contributed by atoms with E-state index in [0.29, 0.717) is 22.5 Å². The van der Waals surface area contributed by atoms with Crippen molar-refractivity contribution in [2.75, 3.05) is 13.9 Å². The largest absolute Gasteiger partial charge is 0.465 e. The van der Waals surface area contributed by atoms with E-state index in [1.54, 1.807) is 42.5 Å². The molecule has 0 fully saturated rings. The summed E-state index contributed by atoms with van der Waals surface area (Å²) in [6, 6.07) is 19.4. The fourth-order valence-corrected chi connectivity index (χ4v) is 6.03. The van der Waals surface area contributed by atoms with Gasteiger partial charge < -0.3 is 23.7 Å². The molecule has 1 aliphatic heterocycles. The van der Waals surface area contributed by atoms with Gasteiger partial charge in [-0.2, -0.15) is 0 Å². The Hall–Kier alpha value is -4.28. The minimum Gasteiger partial charge on any atom is -0.465 e. The minimum absolute atomic E-state index is 0.0333. The lowest BCUT2D eigenvalue weighted by molar-refractivity contribution is 0.0596. The quantitative estimate of drug-likeness (QED) is 0.353. The summed E-state index contributed by atoms with van der Waals surface area (Å²) in [5.74, 6) is -0.114. The molecule has 3 heterocycles. The van der Waals surface area contributed by atoms with E-state index in [4.69, 9.17) is 18.6 Å². The predicted molar refractivity (Wildman–Crippen MR) is 129 cm³/mol. The molecule has 3 aromatic carbocycles. The van der Waals surface area contributed by atoms with Crippen LogP contribution in [0.15, 0.2) is 82.1 Å². The van der Waals surface area contributed by atoms with E-state index in [1.165, 1.54) is 31.4 Å². The molecule has 1 unspecified atom stereocenters. The molecular formula is C26H19NO8S. The van der Waals surface area contributed by atoms with Gasteiger partial charge in [0, 0.05) is 16.8 Å². The first kappa shape index (κ1) is 22.2. The number of fused-ring (bicyclic) bond motifs is 3. The lowest BCUT2D eigenvalue weighted by atomic mass is 10.1. The van der Waals surface area contributed by atoms with Crippen molar-refractivity contribution < 1.29 is 36.9 Å².